The van der Waals surface area contributed by atoms with Gasteiger partial charge >= 0.3 is 6.09 Å². The lowest BCUT2D eigenvalue weighted by Crippen LogP contribution is -2.39. The minimum atomic E-state index is -0.818. The quantitative estimate of drug-likeness (QED) is 0.284. The van der Waals surface area contributed by atoms with Crippen LogP contribution < -0.4 is 11.5 Å². The third kappa shape index (κ3) is 7.58. The number of ether oxygens (including phenoxy) is 3. The lowest BCUT2D eigenvalue weighted by molar-refractivity contribution is -0.133. The number of nitrogen functional groups attached to an aromatic ring is 1. The third-order valence-electron chi connectivity index (χ3n) is 7.05. The number of nitrogens with zero attached hydrogens (tertiary/aromatic N) is 4. The Kier molecular flexibility index (Phi) is 10.4. The summed E-state index contributed by atoms with van der Waals surface area (Å²) >= 11 is 1.75. The Balaban J connectivity index is 1.28. The maximum Gasteiger partial charge on any atom is 0.404 e. The number of likely N-dealkylation sites (tertiary alicyclic amines) is 1. The number of fused-ring (bicyclic) bond motifs is 3. The monoisotopic (exact) mass is 560 g/mol. The highest BCUT2D eigenvalue weighted by molar-refractivity contribution is 7.19. The maximum atomic E-state index is 12.7. The minimum Gasteiger partial charge on any atom is -0.447 e. The van der Waals surface area contributed by atoms with E-state index in [-0.39, 0.29) is 19.1 Å². The van der Waals surface area contributed by atoms with Gasteiger partial charge in [-0.3, -0.25) is 4.79 Å². The molecule has 4 N–H and O–H groups in total. The van der Waals surface area contributed by atoms with Gasteiger partial charge in [0.2, 0.25) is 5.91 Å². The third-order valence-corrected chi connectivity index (χ3v) is 8.09. The molecular formula is C27H40N6O5S. The number of carbonyl (C=O) groups is 2. The number of primary amides is 1. The van der Waals surface area contributed by atoms with Crippen LogP contribution in [0.4, 0.5) is 10.6 Å². The predicted octanol–water partition coefficient (Wildman–Crippen LogP) is 3.64. The van der Waals surface area contributed by atoms with Gasteiger partial charge in [0.1, 0.15) is 17.9 Å². The van der Waals surface area contributed by atoms with Gasteiger partial charge in [-0.05, 0) is 38.2 Å². The molecule has 0 atom stereocenters. The van der Waals surface area contributed by atoms with Crippen molar-refractivity contribution in [2.24, 2.45) is 11.7 Å². The topological polar surface area (TPSA) is 148 Å². The van der Waals surface area contributed by atoms with Gasteiger partial charge in [-0.1, -0.05) is 13.3 Å². The van der Waals surface area contributed by atoms with Gasteiger partial charge in [-0.15, -0.1) is 11.3 Å². The number of aryl methyl sites for hydroxylation is 2. The van der Waals surface area contributed by atoms with E-state index in [1.807, 2.05) is 4.90 Å². The van der Waals surface area contributed by atoms with Crippen LogP contribution in [0.5, 0.6) is 0 Å². The summed E-state index contributed by atoms with van der Waals surface area (Å²) in [6.07, 6.45) is 4.54. The number of anilines is 1. The SMILES string of the molecule is CCCCc1nc2c(N)nc3cc(C)sc3c2n1CC1CCN(C(=O)CCOCCOCCOC(N)=O)CC1. The summed E-state index contributed by atoms with van der Waals surface area (Å²) in [5, 5.41) is 0. The Morgan fingerprint density at radius 3 is 2.54 bits per heavy atom. The van der Waals surface area contributed by atoms with Crippen molar-refractivity contribution in [2.75, 3.05) is 51.9 Å². The van der Waals surface area contributed by atoms with Crippen molar-refractivity contribution in [3.05, 3.63) is 16.8 Å². The second kappa shape index (κ2) is 13.9. The molecule has 39 heavy (non-hydrogen) atoms. The Hall–Kier alpha value is -2.96. The highest BCUT2D eigenvalue weighted by Crippen LogP contribution is 2.35. The van der Waals surface area contributed by atoms with Crippen LogP contribution in [0, 0.1) is 12.8 Å². The molecule has 1 aliphatic rings. The second-order valence-corrected chi connectivity index (χ2v) is 11.2. The van der Waals surface area contributed by atoms with Crippen molar-refractivity contribution in [3.63, 3.8) is 0 Å². The Bertz CT molecular complexity index is 1270. The molecule has 4 heterocycles. The number of pyridine rings is 1. The number of carbonyl (C=O) groups excluding carboxylic acids is 2. The number of amides is 2. The summed E-state index contributed by atoms with van der Waals surface area (Å²) < 4.78 is 18.9. The molecular weight excluding hydrogens is 520 g/mol. The molecule has 0 spiro atoms. The number of hydrogen-bond acceptors (Lipinski definition) is 9. The fourth-order valence-corrected chi connectivity index (χ4v) is 6.04. The van der Waals surface area contributed by atoms with E-state index in [4.69, 9.17) is 25.9 Å². The van der Waals surface area contributed by atoms with E-state index >= 15 is 0 Å². The molecule has 0 bridgehead atoms. The highest BCUT2D eigenvalue weighted by atomic mass is 32.1. The van der Waals surface area contributed by atoms with Crippen LogP contribution in [-0.4, -0.2) is 77.6 Å². The lowest BCUT2D eigenvalue weighted by Gasteiger charge is -2.32. The lowest BCUT2D eigenvalue weighted by atomic mass is 9.96. The van der Waals surface area contributed by atoms with Gasteiger partial charge < -0.3 is 35.1 Å². The standard InChI is InChI=1S/C27H40N6O5S/c1-3-4-5-21-31-23-24(25-20(30-26(23)28)16-18(2)39-25)33(21)17-19-6-9-32(10-7-19)22(34)8-11-36-12-13-37-14-15-38-27(29)35/h16,19H,3-15,17H2,1-2H3,(H2,28,30)(H2,29,35). The molecule has 1 saturated heterocycles. The van der Waals surface area contributed by atoms with Gasteiger partial charge in [-0.25, -0.2) is 14.8 Å². The molecule has 4 rings (SSSR count). The van der Waals surface area contributed by atoms with Gasteiger partial charge in [0.15, 0.2) is 5.82 Å². The van der Waals surface area contributed by atoms with Crippen molar-refractivity contribution in [1.82, 2.24) is 19.4 Å². The number of imidazole rings is 1. The van der Waals surface area contributed by atoms with E-state index in [0.29, 0.717) is 38.0 Å². The number of aromatic nitrogens is 3. The van der Waals surface area contributed by atoms with Crippen molar-refractivity contribution in [1.29, 1.82) is 0 Å². The predicted molar refractivity (Wildman–Crippen MR) is 152 cm³/mol. The molecule has 3 aromatic rings. The van der Waals surface area contributed by atoms with Crippen molar-refractivity contribution >= 4 is 50.4 Å². The fourth-order valence-electron chi connectivity index (χ4n) is 5.03. The number of thiophene rings is 1. The van der Waals surface area contributed by atoms with Crippen LogP contribution in [0.25, 0.3) is 21.3 Å². The zero-order valence-electron chi connectivity index (χ0n) is 22.9. The summed E-state index contributed by atoms with van der Waals surface area (Å²) in [4.78, 5) is 35.9. The number of hydrogen-bond donors (Lipinski definition) is 2. The summed E-state index contributed by atoms with van der Waals surface area (Å²) in [6.45, 7) is 8.14. The second-order valence-electron chi connectivity index (χ2n) is 9.97. The maximum absolute atomic E-state index is 12.7. The average molecular weight is 561 g/mol. The van der Waals surface area contributed by atoms with E-state index in [0.717, 1.165) is 78.8 Å². The summed E-state index contributed by atoms with van der Waals surface area (Å²) in [5.41, 5.74) is 14.1. The van der Waals surface area contributed by atoms with Crippen LogP contribution in [0.1, 0.15) is 49.7 Å². The molecule has 1 fully saturated rings. The van der Waals surface area contributed by atoms with E-state index in [1.165, 1.54) is 4.88 Å². The number of nitrogens with two attached hydrogens (primary N) is 2. The Morgan fingerprint density at radius 1 is 1.10 bits per heavy atom. The van der Waals surface area contributed by atoms with Gasteiger partial charge in [-0.2, -0.15) is 0 Å². The molecule has 0 unspecified atom stereocenters. The first-order chi connectivity index (χ1) is 18.9. The Labute approximate surface area is 232 Å². The zero-order chi connectivity index (χ0) is 27.8. The fraction of sp³-hybridized carbons (Fsp3) is 0.630. The normalized spacial score (nSPS) is 14.5. The molecule has 0 radical (unpaired) electrons. The van der Waals surface area contributed by atoms with E-state index in [1.54, 1.807) is 11.3 Å². The molecule has 3 aromatic heterocycles. The van der Waals surface area contributed by atoms with E-state index in [9.17, 15) is 9.59 Å². The van der Waals surface area contributed by atoms with Gasteiger partial charge in [0, 0.05) is 30.9 Å². The first kappa shape index (κ1) is 29.0. The number of piperidine rings is 1. The largest absolute Gasteiger partial charge is 0.447 e. The molecule has 0 aromatic carbocycles. The first-order valence-electron chi connectivity index (χ1n) is 13.8. The summed E-state index contributed by atoms with van der Waals surface area (Å²) in [7, 11) is 0. The Morgan fingerprint density at radius 2 is 1.82 bits per heavy atom. The van der Waals surface area contributed by atoms with Crippen LogP contribution in [-0.2, 0) is 32.0 Å². The molecule has 214 valence electrons. The molecule has 11 nitrogen and oxygen atoms in total. The van der Waals surface area contributed by atoms with E-state index < -0.39 is 6.09 Å². The number of unbranched alkanes of at least 4 members (excludes halogenated alkanes) is 1. The molecule has 0 saturated carbocycles. The molecule has 1 aliphatic heterocycles. The van der Waals surface area contributed by atoms with Crippen molar-refractivity contribution < 1.29 is 23.8 Å². The van der Waals surface area contributed by atoms with Crippen LogP contribution in [0.15, 0.2) is 6.07 Å². The molecule has 0 aliphatic carbocycles. The molecule has 12 heteroatoms. The first-order valence-corrected chi connectivity index (χ1v) is 14.6. The van der Waals surface area contributed by atoms with Crippen molar-refractivity contribution in [2.45, 2.75) is 58.9 Å². The summed E-state index contributed by atoms with van der Waals surface area (Å²) in [6, 6.07) is 2.10. The van der Waals surface area contributed by atoms with Gasteiger partial charge in [0.05, 0.1) is 48.6 Å². The molecule has 2 amide bonds. The van der Waals surface area contributed by atoms with Gasteiger partial charge in [0.25, 0.3) is 0 Å². The highest BCUT2D eigenvalue weighted by Gasteiger charge is 2.26. The number of rotatable bonds is 14. The summed E-state index contributed by atoms with van der Waals surface area (Å²) in [5.74, 6) is 2.16. The van der Waals surface area contributed by atoms with Crippen LogP contribution in [0.3, 0.4) is 0 Å². The zero-order valence-corrected chi connectivity index (χ0v) is 23.8. The van der Waals surface area contributed by atoms with Crippen LogP contribution in [0.2, 0.25) is 0 Å². The van der Waals surface area contributed by atoms with Crippen molar-refractivity contribution in [3.8, 4) is 0 Å². The average Bonchev–Trinajstić information content (AvgIpc) is 3.46. The van der Waals surface area contributed by atoms with Crippen LogP contribution >= 0.6 is 11.3 Å². The van der Waals surface area contributed by atoms with E-state index in [2.05, 4.69) is 34.2 Å². The minimum absolute atomic E-state index is 0.115. The smallest absolute Gasteiger partial charge is 0.404 e.